The smallest absolute Gasteiger partial charge is 0.124 e. The number of methoxy groups -OCH3 is 1. The fraction of sp³-hybridized carbons (Fsp3) is 0.625. The number of aryl methyl sites for hydroxylation is 2. The van der Waals surface area contributed by atoms with Gasteiger partial charge in [0.1, 0.15) is 5.75 Å². The van der Waals surface area contributed by atoms with Crippen molar-refractivity contribution in [1.82, 2.24) is 4.90 Å². The second kappa shape index (κ2) is 7.51. The third-order valence-corrected chi connectivity index (χ3v) is 3.46. The summed E-state index contributed by atoms with van der Waals surface area (Å²) in [5.74, 6) is 1.65. The van der Waals surface area contributed by atoms with Crippen molar-refractivity contribution in [3.63, 3.8) is 0 Å². The van der Waals surface area contributed by atoms with Crippen LogP contribution in [0.25, 0.3) is 0 Å². The number of ether oxygens (including phenoxy) is 1. The first-order valence-corrected chi connectivity index (χ1v) is 7.00. The van der Waals surface area contributed by atoms with Gasteiger partial charge in [0.15, 0.2) is 0 Å². The summed E-state index contributed by atoms with van der Waals surface area (Å²) in [6.45, 7) is 9.30. The zero-order valence-electron chi connectivity index (χ0n) is 13.0. The maximum absolute atomic E-state index is 5.60. The molecule has 1 atom stereocenters. The Morgan fingerprint density at radius 3 is 2.32 bits per heavy atom. The van der Waals surface area contributed by atoms with Crippen molar-refractivity contribution >= 4 is 0 Å². The van der Waals surface area contributed by atoms with Crippen LogP contribution in [-0.4, -0.2) is 32.1 Å². The molecule has 0 bridgehead atoms. The molecule has 19 heavy (non-hydrogen) atoms. The lowest BCUT2D eigenvalue weighted by Gasteiger charge is -2.22. The Hall–Kier alpha value is -1.06. The van der Waals surface area contributed by atoms with Gasteiger partial charge in [-0.3, -0.25) is 0 Å². The molecule has 0 aliphatic heterocycles. The predicted molar refractivity (Wildman–Crippen MR) is 81.6 cm³/mol. The molecule has 0 aromatic heterocycles. The number of benzene rings is 1. The van der Waals surface area contributed by atoms with E-state index in [1.807, 2.05) is 0 Å². The van der Waals surface area contributed by atoms with Crippen molar-refractivity contribution in [3.05, 3.63) is 28.8 Å². The summed E-state index contributed by atoms with van der Waals surface area (Å²) in [5.41, 5.74) is 9.36. The van der Waals surface area contributed by atoms with Crippen LogP contribution in [0.5, 0.6) is 5.75 Å². The summed E-state index contributed by atoms with van der Waals surface area (Å²) >= 11 is 0. The second-order valence-electron chi connectivity index (χ2n) is 5.64. The molecule has 1 unspecified atom stereocenters. The maximum Gasteiger partial charge on any atom is 0.124 e. The highest BCUT2D eigenvalue weighted by Crippen LogP contribution is 2.24. The number of hydrogen-bond donors (Lipinski definition) is 1. The molecule has 0 saturated heterocycles. The van der Waals surface area contributed by atoms with Crippen LogP contribution in [0.3, 0.4) is 0 Å². The third kappa shape index (κ3) is 4.84. The topological polar surface area (TPSA) is 38.5 Å². The van der Waals surface area contributed by atoms with E-state index in [2.05, 4.69) is 44.9 Å². The van der Waals surface area contributed by atoms with E-state index >= 15 is 0 Å². The number of rotatable bonds is 7. The molecule has 0 saturated carbocycles. The summed E-state index contributed by atoms with van der Waals surface area (Å²) in [7, 11) is 3.90. The molecule has 108 valence electrons. The number of nitrogens with two attached hydrogens (primary N) is 1. The van der Waals surface area contributed by atoms with Gasteiger partial charge in [0, 0.05) is 13.1 Å². The Bertz CT molecular complexity index is 381. The molecule has 0 aliphatic rings. The minimum absolute atomic E-state index is 0.649. The van der Waals surface area contributed by atoms with Crippen LogP contribution in [-0.2, 0) is 6.54 Å². The molecule has 3 nitrogen and oxygen atoms in total. The fourth-order valence-corrected chi connectivity index (χ4v) is 2.74. The molecule has 0 aliphatic carbocycles. The van der Waals surface area contributed by atoms with Gasteiger partial charge in [-0.2, -0.15) is 0 Å². The standard InChI is InChI=1S/C16H28N2O/c1-12(6-7-17)10-18(4)11-15-8-13(2)16(19-5)14(3)9-15/h8-9,12H,6-7,10-11,17H2,1-5H3. The monoisotopic (exact) mass is 264 g/mol. The first-order chi connectivity index (χ1) is 8.97. The lowest BCUT2D eigenvalue weighted by molar-refractivity contribution is 0.272. The minimum atomic E-state index is 0.649. The molecule has 0 heterocycles. The van der Waals surface area contributed by atoms with Crippen molar-refractivity contribution in [2.45, 2.75) is 33.7 Å². The first-order valence-electron chi connectivity index (χ1n) is 7.00. The van der Waals surface area contributed by atoms with Crippen molar-refractivity contribution in [2.24, 2.45) is 11.7 Å². The van der Waals surface area contributed by atoms with E-state index in [4.69, 9.17) is 10.5 Å². The maximum atomic E-state index is 5.60. The second-order valence-corrected chi connectivity index (χ2v) is 5.64. The minimum Gasteiger partial charge on any atom is -0.496 e. The largest absolute Gasteiger partial charge is 0.496 e. The summed E-state index contributed by atoms with van der Waals surface area (Å²) in [5, 5.41) is 0. The van der Waals surface area contributed by atoms with E-state index in [0.717, 1.165) is 31.8 Å². The van der Waals surface area contributed by atoms with Crippen LogP contribution in [0.15, 0.2) is 12.1 Å². The number of nitrogens with zero attached hydrogens (tertiary/aromatic N) is 1. The molecule has 3 heteroatoms. The van der Waals surface area contributed by atoms with Crippen molar-refractivity contribution in [3.8, 4) is 5.75 Å². The molecule has 0 radical (unpaired) electrons. The van der Waals surface area contributed by atoms with Gasteiger partial charge in [0.2, 0.25) is 0 Å². The van der Waals surface area contributed by atoms with Crippen LogP contribution < -0.4 is 10.5 Å². The number of hydrogen-bond acceptors (Lipinski definition) is 3. The van der Waals surface area contributed by atoms with Gasteiger partial charge in [0.05, 0.1) is 7.11 Å². The summed E-state index contributed by atoms with van der Waals surface area (Å²) in [6.07, 6.45) is 1.09. The molecule has 0 spiro atoms. The van der Waals surface area contributed by atoms with Gasteiger partial charge in [-0.05, 0) is 56.5 Å². The summed E-state index contributed by atoms with van der Waals surface area (Å²) < 4.78 is 5.40. The lowest BCUT2D eigenvalue weighted by Crippen LogP contribution is -2.25. The van der Waals surface area contributed by atoms with Crippen LogP contribution in [0.2, 0.25) is 0 Å². The van der Waals surface area contributed by atoms with Crippen molar-refractivity contribution in [2.75, 3.05) is 27.2 Å². The SMILES string of the molecule is COc1c(C)cc(CN(C)CC(C)CCN)cc1C. The van der Waals surface area contributed by atoms with Crippen LogP contribution in [0, 0.1) is 19.8 Å². The highest BCUT2D eigenvalue weighted by atomic mass is 16.5. The van der Waals surface area contributed by atoms with Gasteiger partial charge in [0.25, 0.3) is 0 Å². The fourth-order valence-electron chi connectivity index (χ4n) is 2.74. The van der Waals surface area contributed by atoms with E-state index in [1.54, 1.807) is 7.11 Å². The van der Waals surface area contributed by atoms with Crippen LogP contribution >= 0.6 is 0 Å². The van der Waals surface area contributed by atoms with E-state index in [-0.39, 0.29) is 0 Å². The Labute approximate surface area is 117 Å². The van der Waals surface area contributed by atoms with Crippen LogP contribution in [0.4, 0.5) is 0 Å². The molecular formula is C16H28N2O. The third-order valence-electron chi connectivity index (χ3n) is 3.46. The molecule has 1 aromatic carbocycles. The lowest BCUT2D eigenvalue weighted by atomic mass is 10.0. The van der Waals surface area contributed by atoms with E-state index < -0.39 is 0 Å². The molecule has 0 amide bonds. The van der Waals surface area contributed by atoms with E-state index in [1.165, 1.54) is 16.7 Å². The van der Waals surface area contributed by atoms with Gasteiger partial charge in [-0.25, -0.2) is 0 Å². The molecule has 1 rings (SSSR count). The van der Waals surface area contributed by atoms with E-state index in [9.17, 15) is 0 Å². The first kappa shape index (κ1) is 16.0. The quantitative estimate of drug-likeness (QED) is 0.823. The van der Waals surface area contributed by atoms with Crippen molar-refractivity contribution < 1.29 is 4.74 Å². The zero-order chi connectivity index (χ0) is 14.4. The van der Waals surface area contributed by atoms with Gasteiger partial charge >= 0.3 is 0 Å². The zero-order valence-corrected chi connectivity index (χ0v) is 13.0. The molecular weight excluding hydrogens is 236 g/mol. The Morgan fingerprint density at radius 1 is 1.26 bits per heavy atom. The summed E-state index contributed by atoms with van der Waals surface area (Å²) in [6, 6.07) is 4.44. The molecule has 1 aromatic rings. The van der Waals surface area contributed by atoms with Crippen molar-refractivity contribution in [1.29, 1.82) is 0 Å². The van der Waals surface area contributed by atoms with Gasteiger partial charge < -0.3 is 15.4 Å². The Kier molecular flexibility index (Phi) is 6.32. The highest BCUT2D eigenvalue weighted by molar-refractivity contribution is 5.43. The summed E-state index contributed by atoms with van der Waals surface area (Å²) in [4.78, 5) is 2.36. The van der Waals surface area contributed by atoms with Gasteiger partial charge in [-0.1, -0.05) is 19.1 Å². The average Bonchev–Trinajstić information content (AvgIpc) is 2.28. The molecule has 0 fully saturated rings. The predicted octanol–water partition coefficient (Wildman–Crippen LogP) is 2.73. The van der Waals surface area contributed by atoms with Gasteiger partial charge in [-0.15, -0.1) is 0 Å². The normalized spacial score (nSPS) is 12.8. The molecule has 2 N–H and O–H groups in total. The van der Waals surface area contributed by atoms with E-state index in [0.29, 0.717) is 5.92 Å². The average molecular weight is 264 g/mol. The Balaban J connectivity index is 2.67. The Morgan fingerprint density at radius 2 is 1.84 bits per heavy atom. The highest BCUT2D eigenvalue weighted by Gasteiger charge is 2.09. The van der Waals surface area contributed by atoms with Crippen LogP contribution in [0.1, 0.15) is 30.0 Å².